The van der Waals surface area contributed by atoms with Crippen LogP contribution in [-0.4, -0.2) is 29.3 Å². The van der Waals surface area contributed by atoms with E-state index in [4.69, 9.17) is 9.47 Å². The topological polar surface area (TPSA) is 65.4 Å². The average molecular weight is 337 g/mol. The number of benzene rings is 2. The molecule has 25 heavy (non-hydrogen) atoms. The van der Waals surface area contributed by atoms with E-state index in [0.29, 0.717) is 11.5 Å². The summed E-state index contributed by atoms with van der Waals surface area (Å²) in [6, 6.07) is 13.1. The van der Waals surface area contributed by atoms with E-state index >= 15 is 0 Å². The molecule has 3 aromatic rings. The van der Waals surface area contributed by atoms with Crippen LogP contribution in [0.4, 0.5) is 0 Å². The van der Waals surface area contributed by atoms with Crippen molar-refractivity contribution in [3.8, 4) is 11.5 Å². The largest absolute Gasteiger partial charge is 0.493 e. The maximum Gasteiger partial charge on any atom is 0.276 e. The lowest BCUT2D eigenvalue weighted by atomic mass is 10.2. The summed E-state index contributed by atoms with van der Waals surface area (Å²) in [5.41, 5.74) is 5.38. The monoisotopic (exact) mass is 337 g/mol. The van der Waals surface area contributed by atoms with Gasteiger partial charge in [-0.15, -0.1) is 0 Å². The van der Waals surface area contributed by atoms with Crippen LogP contribution in [0, 0.1) is 0 Å². The number of hydrogen-bond donors (Lipinski definition) is 1. The van der Waals surface area contributed by atoms with Gasteiger partial charge in [0, 0.05) is 0 Å². The Morgan fingerprint density at radius 1 is 1.24 bits per heavy atom. The first kappa shape index (κ1) is 16.6. The molecule has 1 amide bonds. The molecule has 128 valence electrons. The summed E-state index contributed by atoms with van der Waals surface area (Å²) in [5, 5.41) is 0. The van der Waals surface area contributed by atoms with E-state index in [1.807, 2.05) is 55.5 Å². The van der Waals surface area contributed by atoms with E-state index in [2.05, 4.69) is 10.4 Å². The molecule has 0 saturated heterocycles. The van der Waals surface area contributed by atoms with Gasteiger partial charge in [0.2, 0.25) is 0 Å². The van der Waals surface area contributed by atoms with Crippen LogP contribution >= 0.6 is 0 Å². The third-order valence-electron chi connectivity index (χ3n) is 3.60. The first-order valence-electron chi connectivity index (χ1n) is 7.86. The Bertz CT molecular complexity index is 915. The second-order valence-electron chi connectivity index (χ2n) is 5.34. The maximum absolute atomic E-state index is 12.2. The number of hydrogen-bond acceptors (Lipinski definition) is 4. The van der Waals surface area contributed by atoms with E-state index in [9.17, 15) is 4.79 Å². The number of para-hydroxylation sites is 2. The Morgan fingerprint density at radius 2 is 2.08 bits per heavy atom. The third-order valence-corrected chi connectivity index (χ3v) is 3.60. The maximum atomic E-state index is 12.2. The van der Waals surface area contributed by atoms with Gasteiger partial charge < -0.3 is 9.47 Å². The van der Waals surface area contributed by atoms with Crippen LogP contribution in [0.2, 0.25) is 0 Å². The van der Waals surface area contributed by atoms with Gasteiger partial charge in [-0.2, -0.15) is 0 Å². The number of aromatic nitrogens is 2. The van der Waals surface area contributed by atoms with Crippen LogP contribution in [0.1, 0.15) is 12.5 Å². The summed E-state index contributed by atoms with van der Waals surface area (Å²) in [5.74, 6) is 0.806. The zero-order valence-electron chi connectivity index (χ0n) is 14.1. The lowest BCUT2D eigenvalue weighted by Gasteiger charge is -2.12. The van der Waals surface area contributed by atoms with Crippen molar-refractivity contribution in [3.05, 3.63) is 60.4 Å². The summed E-state index contributed by atoms with van der Waals surface area (Å²) in [6.45, 7) is 1.81. The van der Waals surface area contributed by atoms with Crippen molar-refractivity contribution in [1.29, 1.82) is 0 Å². The predicted octanol–water partition coefficient (Wildman–Crippen LogP) is 3.23. The summed E-state index contributed by atoms with van der Waals surface area (Å²) >= 11 is 0. The average Bonchev–Trinajstić information content (AvgIpc) is 3.04. The molecule has 0 radical (unpaired) electrons. The second kappa shape index (κ2) is 7.53. The van der Waals surface area contributed by atoms with Crippen LogP contribution in [-0.2, 0) is 4.79 Å². The molecule has 1 aromatic heterocycles. The number of imidazole rings is 1. The molecule has 6 nitrogen and oxygen atoms in total. The lowest BCUT2D eigenvalue weighted by molar-refractivity contribution is -0.119. The molecule has 0 aliphatic heterocycles. The Labute approximate surface area is 145 Å². The standard InChI is InChI=1S/C19H19N3O3/c1-3-6-14-9-10-17(18(11-14)24-2)25-12-19(23)21-22-13-20-15-7-4-5-8-16(15)22/h3-11,13H,12H2,1-2H3,(H,21,23)/b6-3+. The first-order chi connectivity index (χ1) is 12.2. The molecule has 0 bridgehead atoms. The number of rotatable bonds is 6. The number of ether oxygens (including phenoxy) is 2. The number of nitrogens with one attached hydrogen (secondary N) is 1. The number of amides is 1. The minimum Gasteiger partial charge on any atom is -0.493 e. The molecule has 0 aliphatic carbocycles. The third kappa shape index (κ3) is 3.80. The van der Waals surface area contributed by atoms with Gasteiger partial charge in [-0.1, -0.05) is 30.4 Å². The van der Waals surface area contributed by atoms with Gasteiger partial charge in [0.05, 0.1) is 18.1 Å². The molecule has 3 rings (SSSR count). The molecule has 1 heterocycles. The Morgan fingerprint density at radius 3 is 2.88 bits per heavy atom. The van der Waals surface area contributed by atoms with Crippen molar-refractivity contribution >= 4 is 23.0 Å². The van der Waals surface area contributed by atoms with Crippen molar-refractivity contribution in [2.24, 2.45) is 0 Å². The lowest BCUT2D eigenvalue weighted by Crippen LogP contribution is -2.27. The van der Waals surface area contributed by atoms with E-state index in [1.165, 1.54) is 0 Å². The van der Waals surface area contributed by atoms with Gasteiger partial charge >= 0.3 is 0 Å². The number of nitrogens with zero attached hydrogens (tertiary/aromatic N) is 2. The van der Waals surface area contributed by atoms with E-state index in [-0.39, 0.29) is 12.5 Å². The number of methoxy groups -OCH3 is 1. The number of fused-ring (bicyclic) bond motifs is 1. The van der Waals surface area contributed by atoms with Crippen LogP contribution in [0.3, 0.4) is 0 Å². The van der Waals surface area contributed by atoms with E-state index in [0.717, 1.165) is 16.6 Å². The molecule has 0 fully saturated rings. The van der Waals surface area contributed by atoms with Gasteiger partial charge in [-0.25, -0.2) is 9.66 Å². The van der Waals surface area contributed by atoms with Gasteiger partial charge in [0.1, 0.15) is 6.33 Å². The number of carbonyl (C=O) groups excluding carboxylic acids is 1. The minimum atomic E-state index is -0.289. The predicted molar refractivity (Wildman–Crippen MR) is 97.3 cm³/mol. The molecule has 0 saturated carbocycles. The molecular weight excluding hydrogens is 318 g/mol. The van der Waals surface area contributed by atoms with Gasteiger partial charge in [-0.3, -0.25) is 10.2 Å². The molecule has 0 aliphatic rings. The highest BCUT2D eigenvalue weighted by Gasteiger charge is 2.10. The molecule has 2 aromatic carbocycles. The summed E-state index contributed by atoms with van der Waals surface area (Å²) in [6.07, 6.45) is 5.47. The number of carbonyl (C=O) groups is 1. The van der Waals surface area contributed by atoms with Crippen LogP contribution in [0.25, 0.3) is 17.1 Å². The van der Waals surface area contributed by atoms with E-state index in [1.54, 1.807) is 24.2 Å². The SMILES string of the molecule is C/C=C/c1ccc(OCC(=O)Nn2cnc3ccccc32)c(OC)c1. The molecular formula is C19H19N3O3. The number of allylic oxidation sites excluding steroid dienone is 1. The van der Waals surface area contributed by atoms with Crippen molar-refractivity contribution < 1.29 is 14.3 Å². The normalized spacial score (nSPS) is 11.0. The smallest absolute Gasteiger partial charge is 0.276 e. The van der Waals surface area contributed by atoms with Gasteiger partial charge in [0.15, 0.2) is 18.1 Å². The second-order valence-corrected chi connectivity index (χ2v) is 5.34. The highest BCUT2D eigenvalue weighted by atomic mass is 16.5. The first-order valence-corrected chi connectivity index (χ1v) is 7.86. The highest BCUT2D eigenvalue weighted by Crippen LogP contribution is 2.28. The minimum absolute atomic E-state index is 0.133. The molecule has 1 N–H and O–H groups in total. The molecule has 0 atom stereocenters. The van der Waals surface area contributed by atoms with Gasteiger partial charge in [-0.05, 0) is 36.8 Å². The quantitative estimate of drug-likeness (QED) is 0.750. The summed E-state index contributed by atoms with van der Waals surface area (Å²) < 4.78 is 12.5. The van der Waals surface area contributed by atoms with Crippen LogP contribution in [0.15, 0.2) is 54.9 Å². The Kier molecular flexibility index (Phi) is 4.99. The van der Waals surface area contributed by atoms with Gasteiger partial charge in [0.25, 0.3) is 5.91 Å². The highest BCUT2D eigenvalue weighted by molar-refractivity contribution is 5.87. The van der Waals surface area contributed by atoms with Crippen molar-refractivity contribution in [2.45, 2.75) is 6.92 Å². The molecule has 0 spiro atoms. The van der Waals surface area contributed by atoms with Crippen LogP contribution < -0.4 is 14.9 Å². The zero-order valence-corrected chi connectivity index (χ0v) is 14.1. The zero-order chi connectivity index (χ0) is 17.6. The van der Waals surface area contributed by atoms with E-state index < -0.39 is 0 Å². The summed E-state index contributed by atoms with van der Waals surface area (Å²) in [7, 11) is 1.57. The fourth-order valence-corrected chi connectivity index (χ4v) is 2.46. The van der Waals surface area contributed by atoms with Crippen molar-refractivity contribution in [1.82, 2.24) is 9.66 Å². The summed E-state index contributed by atoms with van der Waals surface area (Å²) in [4.78, 5) is 16.4. The van der Waals surface area contributed by atoms with Crippen LogP contribution in [0.5, 0.6) is 11.5 Å². The Hall–Kier alpha value is -3.28. The fourth-order valence-electron chi connectivity index (χ4n) is 2.46. The van der Waals surface area contributed by atoms with Crippen molar-refractivity contribution in [3.63, 3.8) is 0 Å². The fraction of sp³-hybridized carbons (Fsp3) is 0.158. The Balaban J connectivity index is 1.66. The van der Waals surface area contributed by atoms with Crippen molar-refractivity contribution in [2.75, 3.05) is 19.1 Å². The molecule has 6 heteroatoms. The molecule has 0 unspecified atom stereocenters.